The number of para-hydroxylation sites is 1. The molecule has 2 heterocycles. The van der Waals surface area contributed by atoms with Crippen molar-refractivity contribution in [1.29, 1.82) is 0 Å². The number of anilines is 1. The Labute approximate surface area is 166 Å². The minimum absolute atomic E-state index is 0.151. The van der Waals surface area contributed by atoms with E-state index in [2.05, 4.69) is 10.3 Å². The van der Waals surface area contributed by atoms with E-state index in [1.165, 1.54) is 4.68 Å². The molecule has 2 aromatic carbocycles. The van der Waals surface area contributed by atoms with Gasteiger partial charge in [-0.05, 0) is 30.5 Å². The first-order chi connectivity index (χ1) is 13.5. The van der Waals surface area contributed by atoms with Crippen LogP contribution in [0.1, 0.15) is 16.2 Å². The fourth-order valence-corrected chi connectivity index (χ4v) is 3.43. The molecule has 4 aromatic rings. The third kappa shape index (κ3) is 2.97. The van der Waals surface area contributed by atoms with E-state index < -0.39 is 5.91 Å². The molecule has 140 valence electrons. The Hall–Kier alpha value is -3.38. The van der Waals surface area contributed by atoms with Gasteiger partial charge in [0.1, 0.15) is 16.5 Å². The molecule has 0 aliphatic rings. The van der Waals surface area contributed by atoms with Crippen LogP contribution in [0.4, 0.5) is 5.69 Å². The molecule has 4 rings (SSSR count). The van der Waals surface area contributed by atoms with Gasteiger partial charge in [0.2, 0.25) is 0 Å². The molecule has 6 nitrogen and oxygen atoms in total. The molecule has 1 N–H and O–H groups in total. The molecule has 2 aromatic heterocycles. The number of hydrogen-bond acceptors (Lipinski definition) is 3. The molecule has 0 aliphatic heterocycles. The SMILES string of the molecule is Cc1c(NC(=O)c2cc3ccccc3c(Cl)n2)c(=O)n(-c2ccccc2)n1C. The fourth-order valence-electron chi connectivity index (χ4n) is 3.16. The summed E-state index contributed by atoms with van der Waals surface area (Å²) in [7, 11) is 1.77. The zero-order chi connectivity index (χ0) is 19.8. The molecule has 7 heteroatoms. The lowest BCUT2D eigenvalue weighted by atomic mass is 10.1. The van der Waals surface area contributed by atoms with Crippen molar-refractivity contribution in [1.82, 2.24) is 14.3 Å². The lowest BCUT2D eigenvalue weighted by molar-refractivity contribution is 0.102. The second kappa shape index (κ2) is 6.98. The van der Waals surface area contributed by atoms with E-state index in [0.717, 1.165) is 10.8 Å². The normalized spacial score (nSPS) is 11.0. The van der Waals surface area contributed by atoms with Gasteiger partial charge in [0.05, 0.1) is 11.4 Å². The van der Waals surface area contributed by atoms with Gasteiger partial charge < -0.3 is 5.32 Å². The van der Waals surface area contributed by atoms with E-state index in [0.29, 0.717) is 11.4 Å². The van der Waals surface area contributed by atoms with Crippen LogP contribution in [0.2, 0.25) is 5.15 Å². The highest BCUT2D eigenvalue weighted by atomic mass is 35.5. The number of fused-ring (bicyclic) bond motifs is 1. The third-order valence-corrected chi connectivity index (χ3v) is 5.01. The fraction of sp³-hybridized carbons (Fsp3) is 0.0952. The average molecular weight is 393 g/mol. The highest BCUT2D eigenvalue weighted by molar-refractivity contribution is 6.34. The second-order valence-electron chi connectivity index (χ2n) is 6.41. The zero-order valence-electron chi connectivity index (χ0n) is 15.3. The number of pyridine rings is 1. The molecule has 0 spiro atoms. The Morgan fingerprint density at radius 1 is 1.07 bits per heavy atom. The van der Waals surface area contributed by atoms with Gasteiger partial charge in [-0.2, -0.15) is 0 Å². The van der Waals surface area contributed by atoms with Gasteiger partial charge >= 0.3 is 0 Å². The molecule has 0 unspecified atom stereocenters. The van der Waals surface area contributed by atoms with E-state index in [9.17, 15) is 9.59 Å². The molecule has 0 fully saturated rings. The topological polar surface area (TPSA) is 68.9 Å². The molecule has 0 radical (unpaired) electrons. The quantitative estimate of drug-likeness (QED) is 0.537. The van der Waals surface area contributed by atoms with Gasteiger partial charge in [-0.3, -0.25) is 14.3 Å². The molecule has 1 amide bonds. The van der Waals surface area contributed by atoms with Gasteiger partial charge in [-0.15, -0.1) is 0 Å². The molecule has 0 saturated carbocycles. The summed E-state index contributed by atoms with van der Waals surface area (Å²) in [6, 6.07) is 18.3. The Bertz CT molecular complexity index is 1260. The number of rotatable bonds is 3. The number of nitrogens with zero attached hydrogens (tertiary/aromatic N) is 3. The van der Waals surface area contributed by atoms with E-state index in [-0.39, 0.29) is 22.1 Å². The summed E-state index contributed by atoms with van der Waals surface area (Å²) >= 11 is 6.22. The van der Waals surface area contributed by atoms with Crippen LogP contribution in [0.15, 0.2) is 65.5 Å². The van der Waals surface area contributed by atoms with Crippen molar-refractivity contribution in [3.63, 3.8) is 0 Å². The summed E-state index contributed by atoms with van der Waals surface area (Å²) in [5, 5.41) is 4.52. The number of halogens is 1. The molecule has 0 bridgehead atoms. The second-order valence-corrected chi connectivity index (χ2v) is 6.77. The van der Waals surface area contributed by atoms with Gasteiger partial charge in [0, 0.05) is 12.4 Å². The molecule has 28 heavy (non-hydrogen) atoms. The maximum Gasteiger partial charge on any atom is 0.295 e. The minimum Gasteiger partial charge on any atom is -0.314 e. The van der Waals surface area contributed by atoms with Gasteiger partial charge in [-0.1, -0.05) is 54.1 Å². The summed E-state index contributed by atoms with van der Waals surface area (Å²) in [5.74, 6) is -0.487. The largest absolute Gasteiger partial charge is 0.314 e. The van der Waals surface area contributed by atoms with Crippen molar-refractivity contribution in [3.8, 4) is 5.69 Å². The predicted octanol–water partition coefficient (Wildman–Crippen LogP) is 3.94. The van der Waals surface area contributed by atoms with Crippen LogP contribution >= 0.6 is 11.6 Å². The number of nitrogens with one attached hydrogen (secondary N) is 1. The maximum atomic E-state index is 12.9. The lowest BCUT2D eigenvalue weighted by Crippen LogP contribution is -2.23. The van der Waals surface area contributed by atoms with Crippen molar-refractivity contribution < 1.29 is 4.79 Å². The number of amides is 1. The smallest absolute Gasteiger partial charge is 0.295 e. The summed E-state index contributed by atoms with van der Waals surface area (Å²) in [5.41, 5.74) is 1.39. The van der Waals surface area contributed by atoms with Crippen LogP contribution in [0.25, 0.3) is 16.5 Å². The van der Waals surface area contributed by atoms with Crippen LogP contribution in [0.3, 0.4) is 0 Å². The van der Waals surface area contributed by atoms with E-state index in [4.69, 9.17) is 11.6 Å². The lowest BCUT2D eigenvalue weighted by Gasteiger charge is -2.07. The Morgan fingerprint density at radius 2 is 1.75 bits per heavy atom. The standard InChI is InChI=1S/C21H17ClN4O2/c1-13-18(21(28)26(25(13)2)15-9-4-3-5-10-15)24-20(27)17-12-14-8-6-7-11-16(14)19(22)23-17/h3-12H,1-2H3,(H,24,27). The minimum atomic E-state index is -0.487. The number of hydrogen-bond donors (Lipinski definition) is 1. The molecular formula is C21H17ClN4O2. The van der Waals surface area contributed by atoms with E-state index >= 15 is 0 Å². The highest BCUT2D eigenvalue weighted by Crippen LogP contribution is 2.23. The van der Waals surface area contributed by atoms with Crippen molar-refractivity contribution in [3.05, 3.63) is 87.6 Å². The summed E-state index contributed by atoms with van der Waals surface area (Å²) in [6.07, 6.45) is 0. The number of carbonyl (C=O) groups is 1. The molecule has 0 aliphatic carbocycles. The molecule has 0 atom stereocenters. The van der Waals surface area contributed by atoms with Crippen LogP contribution in [0, 0.1) is 6.92 Å². The van der Waals surface area contributed by atoms with Crippen molar-refractivity contribution >= 4 is 34.0 Å². The van der Waals surface area contributed by atoms with E-state index in [1.807, 2.05) is 54.6 Å². The Balaban J connectivity index is 1.74. The predicted molar refractivity (Wildman–Crippen MR) is 110 cm³/mol. The summed E-state index contributed by atoms with van der Waals surface area (Å²) in [6.45, 7) is 1.78. The average Bonchev–Trinajstić information content (AvgIpc) is 2.92. The van der Waals surface area contributed by atoms with Crippen LogP contribution in [0.5, 0.6) is 0 Å². The highest BCUT2D eigenvalue weighted by Gasteiger charge is 2.20. The van der Waals surface area contributed by atoms with E-state index in [1.54, 1.807) is 24.7 Å². The maximum absolute atomic E-state index is 12.9. The number of carbonyl (C=O) groups excluding carboxylic acids is 1. The van der Waals surface area contributed by atoms with Crippen LogP contribution < -0.4 is 10.9 Å². The van der Waals surface area contributed by atoms with Crippen molar-refractivity contribution in [2.75, 3.05) is 5.32 Å². The van der Waals surface area contributed by atoms with Crippen molar-refractivity contribution in [2.45, 2.75) is 6.92 Å². The van der Waals surface area contributed by atoms with Crippen LogP contribution in [-0.2, 0) is 7.05 Å². The zero-order valence-corrected chi connectivity index (χ0v) is 16.1. The monoisotopic (exact) mass is 392 g/mol. The first-order valence-corrected chi connectivity index (χ1v) is 9.06. The molecule has 0 saturated heterocycles. The summed E-state index contributed by atoms with van der Waals surface area (Å²) < 4.78 is 3.21. The van der Waals surface area contributed by atoms with Gasteiger partial charge in [0.25, 0.3) is 11.5 Å². The van der Waals surface area contributed by atoms with Crippen LogP contribution in [-0.4, -0.2) is 20.3 Å². The number of aromatic nitrogens is 3. The molecular weight excluding hydrogens is 376 g/mol. The van der Waals surface area contributed by atoms with Gasteiger partial charge in [-0.25, -0.2) is 9.67 Å². The Morgan fingerprint density at radius 3 is 2.50 bits per heavy atom. The van der Waals surface area contributed by atoms with Gasteiger partial charge in [0.15, 0.2) is 0 Å². The Kier molecular flexibility index (Phi) is 4.49. The first-order valence-electron chi connectivity index (χ1n) is 8.68. The number of benzene rings is 2. The first kappa shape index (κ1) is 18.0. The third-order valence-electron chi connectivity index (χ3n) is 4.72. The van der Waals surface area contributed by atoms with Crippen molar-refractivity contribution in [2.24, 2.45) is 7.05 Å². The summed E-state index contributed by atoms with van der Waals surface area (Å²) in [4.78, 5) is 29.9.